The van der Waals surface area contributed by atoms with Crippen molar-refractivity contribution < 1.29 is 32.3 Å². The number of carbonyl (C=O) groups is 3. The van der Waals surface area contributed by atoms with E-state index in [0.29, 0.717) is 25.4 Å². The molecule has 3 heterocycles. The van der Waals surface area contributed by atoms with Gasteiger partial charge in [-0.05, 0) is 30.4 Å². The Morgan fingerprint density at radius 3 is 2.61 bits per heavy atom. The number of amides is 4. The molecule has 1 saturated heterocycles. The average Bonchev–Trinajstić information content (AvgIpc) is 3.43. The van der Waals surface area contributed by atoms with E-state index in [4.69, 9.17) is 4.74 Å². The maximum Gasteiger partial charge on any atom is 0.416 e. The molecule has 3 aliphatic heterocycles. The highest BCUT2D eigenvalue weighted by atomic mass is 19.4. The number of halogens is 3. The van der Waals surface area contributed by atoms with Gasteiger partial charge in [-0.25, -0.2) is 4.79 Å². The summed E-state index contributed by atoms with van der Waals surface area (Å²) in [5.41, 5.74) is -0.779. The van der Waals surface area contributed by atoms with Crippen LogP contribution in [0, 0.1) is 5.92 Å². The molecule has 0 saturated carbocycles. The third-order valence-electron chi connectivity index (χ3n) is 6.72. The number of ether oxygens (including phenoxy) is 1. The number of nitrogens with one attached hydrogen (secondary N) is 1. The molecule has 11 heteroatoms. The zero-order chi connectivity index (χ0) is 26.2. The lowest BCUT2D eigenvalue weighted by Gasteiger charge is -2.32. The summed E-state index contributed by atoms with van der Waals surface area (Å²) in [6.45, 7) is 5.29. The molecule has 1 aromatic rings. The smallest absolute Gasteiger partial charge is 0.376 e. The van der Waals surface area contributed by atoms with Crippen LogP contribution < -0.4 is 5.32 Å². The van der Waals surface area contributed by atoms with E-state index in [1.54, 1.807) is 4.90 Å². The number of carbonyl (C=O) groups excluding carboxylic acids is 3. The lowest BCUT2D eigenvalue weighted by Crippen LogP contribution is -2.46. The van der Waals surface area contributed by atoms with Gasteiger partial charge in [0.1, 0.15) is 6.54 Å². The van der Waals surface area contributed by atoms with Crippen LogP contribution in [0.1, 0.15) is 43.9 Å². The van der Waals surface area contributed by atoms with Crippen molar-refractivity contribution in [3.63, 3.8) is 0 Å². The van der Waals surface area contributed by atoms with Crippen molar-refractivity contribution in [3.8, 4) is 0 Å². The van der Waals surface area contributed by atoms with E-state index < -0.39 is 29.7 Å². The fourth-order valence-corrected chi connectivity index (χ4v) is 5.01. The molecule has 196 valence electrons. The van der Waals surface area contributed by atoms with Gasteiger partial charge in [0.25, 0.3) is 5.91 Å². The van der Waals surface area contributed by atoms with E-state index in [0.717, 1.165) is 18.9 Å². The molecule has 2 atom stereocenters. The van der Waals surface area contributed by atoms with Crippen LogP contribution in [0.2, 0.25) is 0 Å². The molecule has 0 bridgehead atoms. The second-order valence-electron chi connectivity index (χ2n) is 9.88. The summed E-state index contributed by atoms with van der Waals surface area (Å²) >= 11 is 0. The third kappa shape index (κ3) is 5.21. The van der Waals surface area contributed by atoms with Gasteiger partial charge < -0.3 is 19.9 Å². The molecular formula is C25H31F3N4O4. The Morgan fingerprint density at radius 2 is 1.97 bits per heavy atom. The molecule has 8 nitrogen and oxygen atoms in total. The molecule has 1 N–H and O–H groups in total. The first-order valence-electron chi connectivity index (χ1n) is 12.1. The molecule has 1 aromatic carbocycles. The molecule has 3 aliphatic rings. The second kappa shape index (κ2) is 10.1. The van der Waals surface area contributed by atoms with E-state index in [1.165, 1.54) is 35.0 Å². The number of benzene rings is 1. The molecule has 0 spiro atoms. The lowest BCUT2D eigenvalue weighted by molar-refractivity contribution is -0.139. The van der Waals surface area contributed by atoms with Gasteiger partial charge in [-0.15, -0.1) is 0 Å². The minimum absolute atomic E-state index is 0.0377. The molecular weight excluding hydrogens is 477 g/mol. The van der Waals surface area contributed by atoms with Crippen molar-refractivity contribution in [1.29, 1.82) is 0 Å². The maximum absolute atomic E-state index is 13.7. The van der Waals surface area contributed by atoms with Gasteiger partial charge in [0.2, 0.25) is 5.91 Å². The first-order chi connectivity index (χ1) is 17.0. The quantitative estimate of drug-likeness (QED) is 0.614. The summed E-state index contributed by atoms with van der Waals surface area (Å²) in [7, 11) is 1.46. The zero-order valence-electron chi connectivity index (χ0n) is 20.6. The number of hydrogen-bond acceptors (Lipinski definition) is 4. The van der Waals surface area contributed by atoms with Crippen LogP contribution >= 0.6 is 0 Å². The van der Waals surface area contributed by atoms with Crippen LogP contribution in [-0.2, 0) is 20.5 Å². The van der Waals surface area contributed by atoms with Crippen molar-refractivity contribution in [2.24, 2.45) is 5.92 Å². The number of urea groups is 1. The summed E-state index contributed by atoms with van der Waals surface area (Å²) in [5, 5.41) is 2.54. The zero-order valence-corrected chi connectivity index (χ0v) is 20.6. The van der Waals surface area contributed by atoms with E-state index >= 15 is 0 Å². The number of alkyl halides is 3. The van der Waals surface area contributed by atoms with Gasteiger partial charge in [-0.2, -0.15) is 13.2 Å². The Hall–Kier alpha value is -3.08. The number of rotatable bonds is 7. The number of likely N-dealkylation sites (N-methyl/N-ethyl adjacent to an activating group) is 1. The van der Waals surface area contributed by atoms with Crippen molar-refractivity contribution >= 4 is 17.8 Å². The standard InChI is InChI=1S/C25H31F3N4O4/c1-15(2)11-31(12-16-7-6-10-36-16)20(33)14-32-13-19-21(23(32)34)22(29-24(35)30(19)3)17-8-4-5-9-18(17)25(26,27)28/h4-5,8-9,15-16,22H,6-7,10-14H2,1-3H3,(H,29,35)/t16-,22+/m0/s1. The van der Waals surface area contributed by atoms with Gasteiger partial charge in [0.15, 0.2) is 0 Å². The van der Waals surface area contributed by atoms with E-state index in [9.17, 15) is 27.6 Å². The lowest BCUT2D eigenvalue weighted by atomic mass is 9.92. The number of nitrogens with zero attached hydrogens (tertiary/aromatic N) is 3. The Balaban J connectivity index is 1.59. The summed E-state index contributed by atoms with van der Waals surface area (Å²) in [6, 6.07) is 3.00. The summed E-state index contributed by atoms with van der Waals surface area (Å²) < 4.78 is 46.9. The van der Waals surface area contributed by atoms with E-state index in [2.05, 4.69) is 5.32 Å². The van der Waals surface area contributed by atoms with Crippen LogP contribution in [0.5, 0.6) is 0 Å². The highest BCUT2D eigenvalue weighted by Crippen LogP contribution is 2.41. The summed E-state index contributed by atoms with van der Waals surface area (Å²) in [6.07, 6.45) is -2.92. The van der Waals surface area contributed by atoms with Gasteiger partial charge >= 0.3 is 12.2 Å². The largest absolute Gasteiger partial charge is 0.416 e. The molecule has 4 amide bonds. The highest BCUT2D eigenvalue weighted by molar-refractivity contribution is 6.03. The first kappa shape index (κ1) is 26.0. The Kier molecular flexibility index (Phi) is 7.31. The van der Waals surface area contributed by atoms with Crippen LogP contribution in [-0.4, -0.2) is 78.5 Å². The topological polar surface area (TPSA) is 82.2 Å². The fraction of sp³-hybridized carbons (Fsp3) is 0.560. The minimum Gasteiger partial charge on any atom is -0.376 e. The second-order valence-corrected chi connectivity index (χ2v) is 9.88. The Morgan fingerprint density at radius 1 is 1.25 bits per heavy atom. The van der Waals surface area contributed by atoms with Gasteiger partial charge in [0.05, 0.1) is 35.5 Å². The molecule has 0 unspecified atom stereocenters. The molecule has 4 rings (SSSR count). The predicted octanol–water partition coefficient (Wildman–Crippen LogP) is 3.16. The van der Waals surface area contributed by atoms with E-state index in [-0.39, 0.29) is 42.2 Å². The fourth-order valence-electron chi connectivity index (χ4n) is 5.01. The van der Waals surface area contributed by atoms with Crippen LogP contribution in [0.15, 0.2) is 35.5 Å². The Labute approximate surface area is 208 Å². The van der Waals surface area contributed by atoms with Crippen molar-refractivity contribution in [3.05, 3.63) is 46.7 Å². The van der Waals surface area contributed by atoms with Crippen molar-refractivity contribution in [1.82, 2.24) is 20.0 Å². The maximum atomic E-state index is 13.7. The highest BCUT2D eigenvalue weighted by Gasteiger charge is 2.46. The molecule has 0 aromatic heterocycles. The normalized spacial score (nSPS) is 22.4. The third-order valence-corrected chi connectivity index (χ3v) is 6.72. The summed E-state index contributed by atoms with van der Waals surface area (Å²) in [4.78, 5) is 43.6. The monoisotopic (exact) mass is 508 g/mol. The molecule has 36 heavy (non-hydrogen) atoms. The van der Waals surface area contributed by atoms with E-state index in [1.807, 2.05) is 13.8 Å². The van der Waals surface area contributed by atoms with Gasteiger partial charge in [-0.3, -0.25) is 14.5 Å². The van der Waals surface area contributed by atoms with Gasteiger partial charge in [0, 0.05) is 26.7 Å². The van der Waals surface area contributed by atoms with Gasteiger partial charge in [-0.1, -0.05) is 32.0 Å². The average molecular weight is 509 g/mol. The first-order valence-corrected chi connectivity index (χ1v) is 12.1. The minimum atomic E-state index is -4.66. The van der Waals surface area contributed by atoms with Crippen molar-refractivity contribution in [2.75, 3.05) is 39.8 Å². The predicted molar refractivity (Wildman–Crippen MR) is 124 cm³/mol. The SMILES string of the molecule is CC(C)CN(C[C@@H]1CCCO1)C(=O)CN1CC2=C(C1=O)[C@@H](c1ccccc1C(F)(F)F)NC(=O)N2C. The van der Waals surface area contributed by atoms with Crippen LogP contribution in [0.4, 0.5) is 18.0 Å². The van der Waals surface area contributed by atoms with Crippen LogP contribution in [0.25, 0.3) is 0 Å². The number of hydrogen-bond donors (Lipinski definition) is 1. The molecule has 1 fully saturated rings. The van der Waals surface area contributed by atoms with Crippen molar-refractivity contribution in [2.45, 2.75) is 45.0 Å². The van der Waals surface area contributed by atoms with Crippen LogP contribution in [0.3, 0.4) is 0 Å². The molecule has 0 aliphatic carbocycles. The summed E-state index contributed by atoms with van der Waals surface area (Å²) in [5.74, 6) is -0.623. The molecule has 0 radical (unpaired) electrons. The Bertz CT molecular complexity index is 1070.